The Bertz CT molecular complexity index is 963. The Hall–Kier alpha value is -2.95. The van der Waals surface area contributed by atoms with Gasteiger partial charge in [-0.3, -0.25) is 5.10 Å². The first-order chi connectivity index (χ1) is 11.7. The van der Waals surface area contributed by atoms with Crippen LogP contribution >= 0.6 is 0 Å². The van der Waals surface area contributed by atoms with Crippen molar-refractivity contribution >= 4 is 10.9 Å². The molecule has 2 aromatic carbocycles. The Labute approximate surface area is 140 Å². The Morgan fingerprint density at radius 1 is 1.08 bits per heavy atom. The largest absolute Gasteiger partial charge is 0.278 e. The molecule has 0 saturated carbocycles. The molecule has 0 spiro atoms. The van der Waals surface area contributed by atoms with Crippen LogP contribution in [0.15, 0.2) is 54.9 Å². The molecule has 0 radical (unpaired) electrons. The number of H-pyrrole nitrogens is 1. The summed E-state index contributed by atoms with van der Waals surface area (Å²) >= 11 is 0. The molecule has 0 unspecified atom stereocenters. The third kappa shape index (κ3) is 2.80. The topological polar surface area (TPSA) is 59.4 Å². The van der Waals surface area contributed by atoms with Crippen LogP contribution in [0.5, 0.6) is 0 Å². The standard InChI is InChI=1S/C19H19N5/c1-13(2)15-5-3-14(4-6-15)11-24-12-19(22-23-24)16-7-8-17-10-20-21-18(17)9-16/h3-10,12-13H,11H2,1-2H3,(H,20,21). The van der Waals surface area contributed by atoms with E-state index in [0.717, 1.165) is 28.7 Å². The third-order valence-electron chi connectivity index (χ3n) is 4.27. The molecule has 0 aliphatic heterocycles. The van der Waals surface area contributed by atoms with Crippen molar-refractivity contribution in [2.24, 2.45) is 0 Å². The Kier molecular flexibility index (Phi) is 3.61. The number of aromatic amines is 1. The van der Waals surface area contributed by atoms with Crippen LogP contribution in [-0.4, -0.2) is 25.2 Å². The van der Waals surface area contributed by atoms with Gasteiger partial charge in [-0.05, 0) is 23.1 Å². The number of benzene rings is 2. The molecule has 5 nitrogen and oxygen atoms in total. The highest BCUT2D eigenvalue weighted by molar-refractivity contribution is 5.82. The number of fused-ring (bicyclic) bond motifs is 1. The summed E-state index contributed by atoms with van der Waals surface area (Å²) in [5.41, 5.74) is 5.48. The summed E-state index contributed by atoms with van der Waals surface area (Å²) in [5.74, 6) is 0.550. The van der Waals surface area contributed by atoms with Gasteiger partial charge in [0.1, 0.15) is 5.69 Å². The number of hydrogen-bond acceptors (Lipinski definition) is 3. The van der Waals surface area contributed by atoms with Gasteiger partial charge in [0.05, 0.1) is 24.5 Å². The molecule has 2 heterocycles. The van der Waals surface area contributed by atoms with Gasteiger partial charge in [-0.2, -0.15) is 5.10 Å². The molecule has 0 fully saturated rings. The number of hydrogen-bond donors (Lipinski definition) is 1. The molecule has 0 aliphatic rings. The van der Waals surface area contributed by atoms with Crippen LogP contribution in [0, 0.1) is 0 Å². The fourth-order valence-electron chi connectivity index (χ4n) is 2.80. The smallest absolute Gasteiger partial charge is 0.113 e. The lowest BCUT2D eigenvalue weighted by Gasteiger charge is -2.06. The van der Waals surface area contributed by atoms with Crippen molar-refractivity contribution < 1.29 is 0 Å². The van der Waals surface area contributed by atoms with Crippen LogP contribution in [0.3, 0.4) is 0 Å². The maximum absolute atomic E-state index is 4.30. The molecule has 120 valence electrons. The summed E-state index contributed by atoms with van der Waals surface area (Å²) in [6.07, 6.45) is 3.80. The Balaban J connectivity index is 1.55. The number of rotatable bonds is 4. The summed E-state index contributed by atoms with van der Waals surface area (Å²) in [5, 5.41) is 16.7. The van der Waals surface area contributed by atoms with E-state index in [2.05, 4.69) is 58.6 Å². The van der Waals surface area contributed by atoms with E-state index in [0.29, 0.717) is 5.92 Å². The van der Waals surface area contributed by atoms with E-state index in [1.165, 1.54) is 11.1 Å². The number of nitrogens with zero attached hydrogens (tertiary/aromatic N) is 4. The van der Waals surface area contributed by atoms with Crippen molar-refractivity contribution in [3.8, 4) is 11.3 Å². The van der Waals surface area contributed by atoms with Gasteiger partial charge in [-0.15, -0.1) is 5.10 Å². The molecule has 0 amide bonds. The van der Waals surface area contributed by atoms with Crippen LogP contribution in [0.2, 0.25) is 0 Å². The average Bonchev–Trinajstić information content (AvgIpc) is 3.23. The van der Waals surface area contributed by atoms with Crippen molar-refractivity contribution in [3.63, 3.8) is 0 Å². The van der Waals surface area contributed by atoms with E-state index >= 15 is 0 Å². The van der Waals surface area contributed by atoms with Crippen LogP contribution in [0.4, 0.5) is 0 Å². The van der Waals surface area contributed by atoms with Crippen molar-refractivity contribution in [1.29, 1.82) is 0 Å². The second-order valence-electron chi connectivity index (χ2n) is 6.37. The molecular weight excluding hydrogens is 298 g/mol. The Morgan fingerprint density at radius 3 is 2.71 bits per heavy atom. The van der Waals surface area contributed by atoms with E-state index in [1.807, 2.05) is 35.3 Å². The first-order valence-electron chi connectivity index (χ1n) is 8.11. The van der Waals surface area contributed by atoms with Gasteiger partial charge < -0.3 is 0 Å². The van der Waals surface area contributed by atoms with Crippen molar-refractivity contribution in [3.05, 3.63) is 66.0 Å². The summed E-state index contributed by atoms with van der Waals surface area (Å²) in [6, 6.07) is 14.8. The van der Waals surface area contributed by atoms with Gasteiger partial charge in [0.15, 0.2) is 0 Å². The SMILES string of the molecule is CC(C)c1ccc(Cn2cc(-c3ccc4cn[nH]c4c3)nn2)cc1. The first-order valence-corrected chi connectivity index (χ1v) is 8.11. The summed E-state index contributed by atoms with van der Waals surface area (Å²) in [4.78, 5) is 0. The van der Waals surface area contributed by atoms with Gasteiger partial charge in [-0.25, -0.2) is 4.68 Å². The maximum Gasteiger partial charge on any atom is 0.113 e. The van der Waals surface area contributed by atoms with E-state index < -0.39 is 0 Å². The lowest BCUT2D eigenvalue weighted by atomic mass is 10.0. The van der Waals surface area contributed by atoms with Crippen molar-refractivity contribution in [2.75, 3.05) is 0 Å². The molecule has 5 heteroatoms. The zero-order chi connectivity index (χ0) is 16.5. The molecule has 4 aromatic rings. The zero-order valence-corrected chi connectivity index (χ0v) is 13.8. The molecule has 0 atom stereocenters. The molecule has 0 saturated heterocycles. The quantitative estimate of drug-likeness (QED) is 0.619. The minimum atomic E-state index is 0.550. The van der Waals surface area contributed by atoms with Gasteiger partial charge in [0.25, 0.3) is 0 Å². The third-order valence-corrected chi connectivity index (χ3v) is 4.27. The second kappa shape index (κ2) is 5.92. The van der Waals surface area contributed by atoms with E-state index in [1.54, 1.807) is 0 Å². The van der Waals surface area contributed by atoms with Gasteiger partial charge in [0.2, 0.25) is 0 Å². The molecule has 4 rings (SSSR count). The van der Waals surface area contributed by atoms with Gasteiger partial charge >= 0.3 is 0 Å². The fourth-order valence-corrected chi connectivity index (χ4v) is 2.80. The minimum absolute atomic E-state index is 0.550. The van der Waals surface area contributed by atoms with E-state index in [4.69, 9.17) is 0 Å². The first kappa shape index (κ1) is 14.6. The number of nitrogens with one attached hydrogen (secondary N) is 1. The molecule has 1 N–H and O–H groups in total. The maximum atomic E-state index is 4.30. The normalized spacial score (nSPS) is 11.5. The molecule has 24 heavy (non-hydrogen) atoms. The van der Waals surface area contributed by atoms with Crippen molar-refractivity contribution in [1.82, 2.24) is 25.2 Å². The minimum Gasteiger partial charge on any atom is -0.278 e. The van der Waals surface area contributed by atoms with Crippen LogP contribution in [0.25, 0.3) is 22.2 Å². The van der Waals surface area contributed by atoms with Crippen LogP contribution in [-0.2, 0) is 6.54 Å². The average molecular weight is 317 g/mol. The summed E-state index contributed by atoms with van der Waals surface area (Å²) in [7, 11) is 0. The summed E-state index contributed by atoms with van der Waals surface area (Å²) in [6.45, 7) is 5.13. The van der Waals surface area contributed by atoms with Crippen LogP contribution in [0.1, 0.15) is 30.9 Å². The van der Waals surface area contributed by atoms with Crippen LogP contribution < -0.4 is 0 Å². The fraction of sp³-hybridized carbons (Fsp3) is 0.211. The molecule has 0 aliphatic carbocycles. The summed E-state index contributed by atoms with van der Waals surface area (Å²) < 4.78 is 1.87. The van der Waals surface area contributed by atoms with Gasteiger partial charge in [-0.1, -0.05) is 55.5 Å². The highest BCUT2D eigenvalue weighted by Crippen LogP contribution is 2.21. The molecule has 2 aromatic heterocycles. The lowest BCUT2D eigenvalue weighted by Crippen LogP contribution is -2.00. The highest BCUT2D eigenvalue weighted by Gasteiger charge is 2.07. The molecular formula is C19H19N5. The highest BCUT2D eigenvalue weighted by atomic mass is 15.4. The number of aromatic nitrogens is 5. The van der Waals surface area contributed by atoms with E-state index in [-0.39, 0.29) is 0 Å². The predicted octanol–water partition coefficient (Wildman–Crippen LogP) is 3.99. The monoisotopic (exact) mass is 317 g/mol. The van der Waals surface area contributed by atoms with E-state index in [9.17, 15) is 0 Å². The lowest BCUT2D eigenvalue weighted by molar-refractivity contribution is 0.649. The Morgan fingerprint density at radius 2 is 1.92 bits per heavy atom. The van der Waals surface area contributed by atoms with Crippen molar-refractivity contribution in [2.45, 2.75) is 26.3 Å². The van der Waals surface area contributed by atoms with Gasteiger partial charge in [0, 0.05) is 10.9 Å². The molecule has 0 bridgehead atoms. The zero-order valence-electron chi connectivity index (χ0n) is 13.8. The predicted molar refractivity (Wildman–Crippen MR) is 94.7 cm³/mol. The second-order valence-corrected chi connectivity index (χ2v) is 6.37.